The van der Waals surface area contributed by atoms with Gasteiger partial charge in [0.1, 0.15) is 5.76 Å². The van der Waals surface area contributed by atoms with Crippen molar-refractivity contribution in [3.63, 3.8) is 0 Å². The lowest BCUT2D eigenvalue weighted by Crippen LogP contribution is -2.22. The van der Waals surface area contributed by atoms with E-state index in [0.717, 1.165) is 33.5 Å². The van der Waals surface area contributed by atoms with Crippen LogP contribution in [0.3, 0.4) is 0 Å². The van der Waals surface area contributed by atoms with Crippen molar-refractivity contribution >= 4 is 26.6 Å². The number of carbonyl (C=O) groups is 1. The maximum atomic E-state index is 13.2. The molecule has 0 bridgehead atoms. The van der Waals surface area contributed by atoms with Crippen molar-refractivity contribution < 1.29 is 35.9 Å². The van der Waals surface area contributed by atoms with E-state index in [-0.39, 0.29) is 17.2 Å². The van der Waals surface area contributed by atoms with E-state index in [0.29, 0.717) is 18.7 Å². The minimum absolute atomic E-state index is 0.0792. The lowest BCUT2D eigenvalue weighted by atomic mass is 10.0. The molecule has 0 spiro atoms. The molecule has 42 heavy (non-hydrogen) atoms. The normalized spacial score (nSPS) is 12.2. The van der Waals surface area contributed by atoms with Crippen LogP contribution in [0, 0.1) is 0 Å². The van der Waals surface area contributed by atoms with Crippen LogP contribution >= 0.6 is 0 Å². The Morgan fingerprint density at radius 1 is 0.786 bits per heavy atom. The minimum Gasteiger partial charge on any atom is -0.480 e. The highest BCUT2D eigenvalue weighted by Crippen LogP contribution is 2.32. The number of hydrogen-bond acceptors (Lipinski definition) is 5. The Hall–Kier alpha value is -4.41. The van der Waals surface area contributed by atoms with E-state index < -0.39 is 33.5 Å². The molecule has 0 aliphatic carbocycles. The third kappa shape index (κ3) is 6.89. The Bertz CT molecular complexity index is 1820. The molecule has 10 heteroatoms. The first-order valence-electron chi connectivity index (χ1n) is 13.0. The van der Waals surface area contributed by atoms with Crippen LogP contribution in [0.5, 0.6) is 0 Å². The molecule has 5 aromatic rings. The Morgan fingerprint density at radius 3 is 2.21 bits per heavy atom. The third-order valence-electron chi connectivity index (χ3n) is 6.79. The summed E-state index contributed by atoms with van der Waals surface area (Å²) in [5.74, 6) is -3.28. The largest absolute Gasteiger partial charge is 0.480 e. The number of fused-ring (bicyclic) bond motifs is 1. The number of carboxylic acids is 1. The number of furan rings is 1. The van der Waals surface area contributed by atoms with Gasteiger partial charge >= 0.3 is 12.1 Å². The van der Waals surface area contributed by atoms with Gasteiger partial charge in [-0.3, -0.25) is 9.69 Å². The molecule has 0 saturated heterocycles. The van der Waals surface area contributed by atoms with E-state index in [1.54, 1.807) is 12.1 Å². The molecule has 5 rings (SSSR count). The van der Waals surface area contributed by atoms with E-state index in [1.165, 1.54) is 18.2 Å². The highest BCUT2D eigenvalue weighted by molar-refractivity contribution is 7.92. The number of nitrogens with zero attached hydrogens (tertiary/aromatic N) is 1. The lowest BCUT2D eigenvalue weighted by molar-refractivity contribution is -0.153. The van der Waals surface area contributed by atoms with Gasteiger partial charge in [-0.1, -0.05) is 78.9 Å². The zero-order valence-electron chi connectivity index (χ0n) is 22.2. The van der Waals surface area contributed by atoms with Crippen molar-refractivity contribution in [2.45, 2.75) is 30.7 Å². The van der Waals surface area contributed by atoms with Crippen molar-refractivity contribution in [3.8, 4) is 11.1 Å². The number of sulfone groups is 1. The average Bonchev–Trinajstić information content (AvgIpc) is 3.42. The van der Waals surface area contributed by atoms with E-state index in [9.17, 15) is 26.4 Å². The second-order valence-corrected chi connectivity index (χ2v) is 11.9. The highest BCUT2D eigenvalue weighted by Gasteiger charge is 2.34. The Kier molecular flexibility index (Phi) is 8.20. The Morgan fingerprint density at radius 2 is 1.50 bits per heavy atom. The minimum atomic E-state index is -4.57. The number of carboxylic acid groups (broad SMARTS) is 1. The van der Waals surface area contributed by atoms with Crippen LogP contribution in [0.4, 0.5) is 13.2 Å². The molecule has 1 N–H and O–H groups in total. The van der Waals surface area contributed by atoms with E-state index >= 15 is 0 Å². The second-order valence-electron chi connectivity index (χ2n) is 9.92. The summed E-state index contributed by atoms with van der Waals surface area (Å²) < 4.78 is 69.4. The summed E-state index contributed by atoms with van der Waals surface area (Å²) in [6.07, 6.45) is -4.57. The van der Waals surface area contributed by atoms with Gasteiger partial charge in [-0.2, -0.15) is 13.2 Å². The van der Waals surface area contributed by atoms with Crippen molar-refractivity contribution in [1.82, 2.24) is 4.90 Å². The molecule has 1 aromatic heterocycles. The fourth-order valence-electron chi connectivity index (χ4n) is 4.85. The smallest absolute Gasteiger partial charge is 0.449 e. The summed E-state index contributed by atoms with van der Waals surface area (Å²) in [5.41, 5.74) is 3.24. The van der Waals surface area contributed by atoms with Gasteiger partial charge in [-0.25, -0.2) is 8.42 Å². The number of alkyl halides is 3. The van der Waals surface area contributed by atoms with Crippen molar-refractivity contribution in [1.29, 1.82) is 0 Å². The molecule has 216 valence electrons. The monoisotopic (exact) mass is 593 g/mol. The molecule has 0 aliphatic heterocycles. The third-order valence-corrected chi connectivity index (χ3v) is 8.39. The van der Waals surface area contributed by atoms with Gasteiger partial charge in [0.25, 0.3) is 0 Å². The molecule has 0 atom stereocenters. The fourth-order valence-corrected chi connectivity index (χ4v) is 5.93. The van der Waals surface area contributed by atoms with Crippen molar-refractivity contribution in [2.75, 3.05) is 5.75 Å². The van der Waals surface area contributed by atoms with Crippen LogP contribution in [0.2, 0.25) is 0 Å². The summed E-state index contributed by atoms with van der Waals surface area (Å²) in [6, 6.07) is 29.6. The molecule has 1 heterocycles. The maximum Gasteiger partial charge on any atom is 0.449 e. The molecule has 4 aromatic carbocycles. The predicted octanol–water partition coefficient (Wildman–Crippen LogP) is 7.18. The van der Waals surface area contributed by atoms with Crippen LogP contribution in [0.1, 0.15) is 22.6 Å². The van der Waals surface area contributed by atoms with Gasteiger partial charge in [0.05, 0.1) is 11.4 Å². The molecule has 6 nitrogen and oxygen atoms in total. The summed E-state index contributed by atoms with van der Waals surface area (Å²) >= 11 is 0. The molecular weight excluding hydrogens is 567 g/mol. The fraction of sp³-hybridized carbons (Fsp3) is 0.156. The van der Waals surface area contributed by atoms with Crippen LogP contribution in [-0.4, -0.2) is 30.1 Å². The first kappa shape index (κ1) is 29.1. The molecule has 0 saturated carbocycles. The number of halogens is 3. The van der Waals surface area contributed by atoms with E-state index in [2.05, 4.69) is 0 Å². The molecule has 0 amide bonds. The number of benzene rings is 4. The molecule has 0 unspecified atom stereocenters. The quantitative estimate of drug-likeness (QED) is 0.185. The van der Waals surface area contributed by atoms with Gasteiger partial charge < -0.3 is 9.52 Å². The van der Waals surface area contributed by atoms with E-state index in [1.807, 2.05) is 71.6 Å². The Labute approximate surface area is 240 Å². The lowest BCUT2D eigenvalue weighted by Gasteiger charge is -2.23. The second kappa shape index (κ2) is 11.8. The van der Waals surface area contributed by atoms with Gasteiger partial charge in [-0.15, -0.1) is 0 Å². The molecule has 0 fully saturated rings. The number of hydrogen-bond donors (Lipinski definition) is 1. The average molecular weight is 594 g/mol. The summed E-state index contributed by atoms with van der Waals surface area (Å²) in [5, 5.41) is 11.0. The zero-order valence-corrected chi connectivity index (χ0v) is 23.0. The first-order valence-corrected chi connectivity index (χ1v) is 14.6. The van der Waals surface area contributed by atoms with E-state index in [4.69, 9.17) is 9.52 Å². The van der Waals surface area contributed by atoms with Crippen LogP contribution < -0.4 is 0 Å². The standard InChI is InChI=1S/C32H26F3NO5S/c33-32(34,35)30-16-15-27(41-30)20-36(19-26-8-3-6-24-5-1-2-10-29(24)26)18-22-11-13-23(14-12-22)25-7-4-9-28(17-25)42(39,40)21-31(37)38/h1-17H,18-21H2,(H,37,38). The SMILES string of the molecule is O=C(O)CS(=O)(=O)c1cccc(-c2ccc(CN(Cc3ccc(C(F)(F)F)o3)Cc3cccc4ccccc34)cc2)c1. The molecule has 0 radical (unpaired) electrons. The van der Waals surface area contributed by atoms with Crippen LogP contribution in [0.15, 0.2) is 112 Å². The van der Waals surface area contributed by atoms with Gasteiger partial charge in [0.2, 0.25) is 5.76 Å². The maximum absolute atomic E-state index is 13.2. The Balaban J connectivity index is 1.40. The molecule has 0 aliphatic rings. The van der Waals surface area contributed by atoms with Crippen LogP contribution in [-0.2, 0) is 40.4 Å². The van der Waals surface area contributed by atoms with Crippen LogP contribution in [0.25, 0.3) is 21.9 Å². The number of aliphatic carboxylic acids is 1. The van der Waals surface area contributed by atoms with Crippen molar-refractivity contribution in [3.05, 3.63) is 126 Å². The van der Waals surface area contributed by atoms with Gasteiger partial charge in [-0.05, 0) is 57.3 Å². The van der Waals surface area contributed by atoms with Gasteiger partial charge in [0, 0.05) is 13.1 Å². The highest BCUT2D eigenvalue weighted by atomic mass is 32.2. The van der Waals surface area contributed by atoms with Gasteiger partial charge in [0.15, 0.2) is 15.6 Å². The molecular formula is C32H26F3NO5S. The summed E-state index contributed by atoms with van der Waals surface area (Å²) in [4.78, 5) is 12.9. The zero-order chi connectivity index (χ0) is 29.9. The predicted molar refractivity (Wildman–Crippen MR) is 152 cm³/mol. The summed E-state index contributed by atoms with van der Waals surface area (Å²) in [7, 11) is -3.98. The number of rotatable bonds is 10. The summed E-state index contributed by atoms with van der Waals surface area (Å²) in [6.45, 7) is 0.998. The van der Waals surface area contributed by atoms with Crippen molar-refractivity contribution in [2.24, 2.45) is 0 Å². The topological polar surface area (TPSA) is 87.8 Å². The first-order chi connectivity index (χ1) is 20.0.